The average Bonchev–Trinajstić information content (AvgIpc) is 3.25. The normalized spacial score (nSPS) is 16.3. The second-order valence-corrected chi connectivity index (χ2v) is 8.86. The predicted octanol–water partition coefficient (Wildman–Crippen LogP) is 1.35. The van der Waals surface area contributed by atoms with E-state index in [2.05, 4.69) is 17.0 Å². The standard InChI is InChI=1S/C20H27N5O4S/c1-13-4-5-14-15(10-13)30-19-17(14)18-22-25(20(27)24(18)12-21-19)11-16(26)23(6-8-28-2)7-9-29-3/h12-13H,4-11H2,1-3H3. The van der Waals surface area contributed by atoms with Crippen LogP contribution in [0.2, 0.25) is 0 Å². The molecule has 3 heterocycles. The van der Waals surface area contributed by atoms with E-state index < -0.39 is 0 Å². The molecule has 4 rings (SSSR count). The van der Waals surface area contributed by atoms with Gasteiger partial charge in [0.25, 0.3) is 0 Å². The number of rotatable bonds is 8. The highest BCUT2D eigenvalue weighted by Gasteiger charge is 2.25. The van der Waals surface area contributed by atoms with Crippen molar-refractivity contribution in [2.45, 2.75) is 32.7 Å². The van der Waals surface area contributed by atoms with Crippen LogP contribution in [0.3, 0.4) is 0 Å². The fourth-order valence-electron chi connectivity index (χ4n) is 3.96. The van der Waals surface area contributed by atoms with Gasteiger partial charge in [0.15, 0.2) is 5.65 Å². The topological polar surface area (TPSA) is 91.0 Å². The van der Waals surface area contributed by atoms with Gasteiger partial charge in [0.1, 0.15) is 17.7 Å². The zero-order valence-electron chi connectivity index (χ0n) is 17.6. The zero-order valence-corrected chi connectivity index (χ0v) is 18.4. The summed E-state index contributed by atoms with van der Waals surface area (Å²) in [6.07, 6.45) is 4.66. The summed E-state index contributed by atoms with van der Waals surface area (Å²) in [5.74, 6) is 0.462. The van der Waals surface area contributed by atoms with Gasteiger partial charge in [-0.25, -0.2) is 18.9 Å². The van der Waals surface area contributed by atoms with Crippen LogP contribution in [0, 0.1) is 5.92 Å². The number of hydrogen-bond donors (Lipinski definition) is 0. The Bertz CT molecular complexity index is 1110. The summed E-state index contributed by atoms with van der Waals surface area (Å²) >= 11 is 1.69. The lowest BCUT2D eigenvalue weighted by Gasteiger charge is -2.21. The van der Waals surface area contributed by atoms with Gasteiger partial charge in [-0.1, -0.05) is 6.92 Å². The van der Waals surface area contributed by atoms with Crippen LogP contribution in [0.15, 0.2) is 11.1 Å². The Labute approximate surface area is 178 Å². The Morgan fingerprint density at radius 1 is 1.30 bits per heavy atom. The number of methoxy groups -OCH3 is 2. The molecule has 10 heteroatoms. The highest BCUT2D eigenvalue weighted by Crippen LogP contribution is 2.38. The minimum Gasteiger partial charge on any atom is -0.383 e. The molecule has 3 aromatic rings. The van der Waals surface area contributed by atoms with Gasteiger partial charge in [-0.3, -0.25) is 4.79 Å². The van der Waals surface area contributed by atoms with Crippen molar-refractivity contribution in [3.05, 3.63) is 27.3 Å². The van der Waals surface area contributed by atoms with Crippen molar-refractivity contribution < 1.29 is 14.3 Å². The first-order valence-corrected chi connectivity index (χ1v) is 11.0. The van der Waals surface area contributed by atoms with Gasteiger partial charge in [0.05, 0.1) is 18.6 Å². The van der Waals surface area contributed by atoms with Gasteiger partial charge < -0.3 is 14.4 Å². The van der Waals surface area contributed by atoms with Crippen LogP contribution in [-0.4, -0.2) is 70.5 Å². The molecule has 0 bridgehead atoms. The van der Waals surface area contributed by atoms with Crippen molar-refractivity contribution >= 4 is 33.1 Å². The first-order valence-electron chi connectivity index (χ1n) is 10.2. The number of thiophene rings is 1. The molecule has 0 saturated heterocycles. The second kappa shape index (κ2) is 8.83. The lowest BCUT2D eigenvalue weighted by atomic mass is 9.89. The molecule has 162 valence electrons. The fourth-order valence-corrected chi connectivity index (χ4v) is 5.30. The van der Waals surface area contributed by atoms with Crippen LogP contribution < -0.4 is 5.69 Å². The van der Waals surface area contributed by atoms with Crippen molar-refractivity contribution in [2.75, 3.05) is 40.5 Å². The maximum absolute atomic E-state index is 12.9. The Morgan fingerprint density at radius 3 is 2.73 bits per heavy atom. The molecule has 1 aliphatic carbocycles. The van der Waals surface area contributed by atoms with E-state index in [4.69, 9.17) is 9.47 Å². The number of carbonyl (C=O) groups is 1. The quantitative estimate of drug-likeness (QED) is 0.533. The third kappa shape index (κ3) is 3.86. The molecule has 3 aromatic heterocycles. The van der Waals surface area contributed by atoms with Crippen molar-refractivity contribution in [2.24, 2.45) is 5.92 Å². The molecule has 0 fully saturated rings. The van der Waals surface area contributed by atoms with Gasteiger partial charge in [0.2, 0.25) is 5.91 Å². The van der Waals surface area contributed by atoms with Gasteiger partial charge in [-0.05, 0) is 30.7 Å². The summed E-state index contributed by atoms with van der Waals surface area (Å²) in [6.45, 7) is 3.84. The highest BCUT2D eigenvalue weighted by atomic mass is 32.1. The lowest BCUT2D eigenvalue weighted by Crippen LogP contribution is -2.40. The molecule has 1 amide bonds. The van der Waals surface area contributed by atoms with E-state index in [1.165, 1.54) is 25.9 Å². The number of carbonyl (C=O) groups excluding carboxylic acids is 1. The molecule has 9 nitrogen and oxygen atoms in total. The number of fused-ring (bicyclic) bond motifs is 5. The van der Waals surface area contributed by atoms with Gasteiger partial charge in [-0.15, -0.1) is 16.4 Å². The summed E-state index contributed by atoms with van der Waals surface area (Å²) in [5, 5.41) is 5.51. The molecule has 0 radical (unpaired) electrons. The number of hydrogen-bond acceptors (Lipinski definition) is 7. The molecule has 0 saturated carbocycles. The molecule has 0 spiro atoms. The van der Waals surface area contributed by atoms with Gasteiger partial charge in [-0.2, -0.15) is 0 Å². The lowest BCUT2D eigenvalue weighted by molar-refractivity contribution is -0.133. The number of nitrogens with zero attached hydrogens (tertiary/aromatic N) is 5. The maximum atomic E-state index is 12.9. The van der Waals surface area contributed by atoms with Crippen LogP contribution in [0.4, 0.5) is 0 Å². The van der Waals surface area contributed by atoms with Crippen LogP contribution in [0.5, 0.6) is 0 Å². The van der Waals surface area contributed by atoms with Crippen molar-refractivity contribution in [3.63, 3.8) is 0 Å². The van der Waals surface area contributed by atoms with E-state index in [0.29, 0.717) is 37.9 Å². The van der Waals surface area contributed by atoms with E-state index >= 15 is 0 Å². The smallest absolute Gasteiger partial charge is 0.352 e. The van der Waals surface area contributed by atoms with Gasteiger partial charge >= 0.3 is 5.69 Å². The molecule has 0 aliphatic heterocycles. The highest BCUT2D eigenvalue weighted by molar-refractivity contribution is 7.19. The Hall–Kier alpha value is -2.30. The first kappa shape index (κ1) is 21.0. The molecular formula is C20H27N5O4S. The van der Waals surface area contributed by atoms with Crippen molar-refractivity contribution in [1.29, 1.82) is 0 Å². The summed E-state index contributed by atoms with van der Waals surface area (Å²) in [6, 6.07) is 0. The van der Waals surface area contributed by atoms with Crippen LogP contribution in [0.1, 0.15) is 23.8 Å². The molecule has 30 heavy (non-hydrogen) atoms. The molecular weight excluding hydrogens is 406 g/mol. The maximum Gasteiger partial charge on any atom is 0.352 e. The van der Waals surface area contributed by atoms with E-state index in [0.717, 1.165) is 29.5 Å². The number of ether oxygens (including phenoxy) is 2. The molecule has 1 atom stereocenters. The van der Waals surface area contributed by atoms with Crippen LogP contribution in [0.25, 0.3) is 15.9 Å². The number of amides is 1. The SMILES string of the molecule is COCCN(CCOC)C(=O)Cn1nc2c3c4c(sc3ncn2c1=O)CC(C)CC4. The molecule has 1 aliphatic rings. The third-order valence-corrected chi connectivity index (χ3v) is 6.81. The van der Waals surface area contributed by atoms with Crippen LogP contribution >= 0.6 is 11.3 Å². The monoisotopic (exact) mass is 433 g/mol. The summed E-state index contributed by atoms with van der Waals surface area (Å²) in [4.78, 5) is 34.1. The van der Waals surface area contributed by atoms with E-state index in [1.807, 2.05) is 0 Å². The van der Waals surface area contributed by atoms with Crippen molar-refractivity contribution in [1.82, 2.24) is 24.1 Å². The minimum absolute atomic E-state index is 0.126. The Balaban J connectivity index is 1.68. The minimum atomic E-state index is -0.352. The Morgan fingerprint density at radius 2 is 2.03 bits per heavy atom. The third-order valence-electron chi connectivity index (χ3n) is 5.65. The summed E-state index contributed by atoms with van der Waals surface area (Å²) in [7, 11) is 3.18. The number of aromatic nitrogens is 4. The van der Waals surface area contributed by atoms with Gasteiger partial charge in [0, 0.05) is 32.2 Å². The molecule has 0 aromatic carbocycles. The largest absolute Gasteiger partial charge is 0.383 e. The fraction of sp³-hybridized carbons (Fsp3) is 0.600. The summed E-state index contributed by atoms with van der Waals surface area (Å²) < 4.78 is 12.9. The van der Waals surface area contributed by atoms with E-state index in [-0.39, 0.29) is 18.1 Å². The molecule has 0 N–H and O–H groups in total. The first-order chi connectivity index (χ1) is 14.5. The summed E-state index contributed by atoms with van der Waals surface area (Å²) in [5.41, 5.74) is 1.50. The zero-order chi connectivity index (χ0) is 21.3. The second-order valence-electron chi connectivity index (χ2n) is 7.78. The average molecular weight is 434 g/mol. The van der Waals surface area contributed by atoms with E-state index in [1.54, 1.807) is 30.5 Å². The van der Waals surface area contributed by atoms with Crippen LogP contribution in [-0.2, 0) is 33.7 Å². The Kier molecular flexibility index (Phi) is 6.16. The number of aryl methyl sites for hydroxylation is 1. The predicted molar refractivity (Wildman–Crippen MR) is 114 cm³/mol. The molecule has 1 unspecified atom stereocenters. The van der Waals surface area contributed by atoms with Crippen molar-refractivity contribution in [3.8, 4) is 0 Å². The van der Waals surface area contributed by atoms with E-state index in [9.17, 15) is 9.59 Å².